The first-order valence-corrected chi connectivity index (χ1v) is 9.53. The minimum atomic E-state index is -2.01. The Morgan fingerprint density at radius 2 is 2.04 bits per heavy atom. The molecule has 0 bridgehead atoms. The van der Waals surface area contributed by atoms with Gasteiger partial charge < -0.3 is 15.3 Å². The zero-order chi connectivity index (χ0) is 18.6. The highest BCUT2D eigenvalue weighted by Crippen LogP contribution is 2.28. The van der Waals surface area contributed by atoms with Gasteiger partial charge >= 0.3 is 0 Å². The fourth-order valence-electron chi connectivity index (χ4n) is 4.04. The van der Waals surface area contributed by atoms with E-state index in [-0.39, 0.29) is 18.8 Å². The van der Waals surface area contributed by atoms with Crippen LogP contribution in [0.2, 0.25) is 0 Å². The van der Waals surface area contributed by atoms with Gasteiger partial charge in [0, 0.05) is 19.6 Å². The van der Waals surface area contributed by atoms with Gasteiger partial charge in [-0.25, -0.2) is 4.39 Å². The zero-order valence-electron chi connectivity index (χ0n) is 15.0. The number of aliphatic hydroxyl groups is 1. The van der Waals surface area contributed by atoms with E-state index in [9.17, 15) is 19.1 Å². The van der Waals surface area contributed by atoms with Crippen LogP contribution >= 0.6 is 0 Å². The van der Waals surface area contributed by atoms with Crippen LogP contribution in [0.3, 0.4) is 0 Å². The molecule has 6 heteroatoms. The highest BCUT2D eigenvalue weighted by atomic mass is 19.1. The molecule has 2 amide bonds. The van der Waals surface area contributed by atoms with Crippen LogP contribution in [0.4, 0.5) is 4.39 Å². The second kappa shape index (κ2) is 8.16. The van der Waals surface area contributed by atoms with Gasteiger partial charge in [-0.3, -0.25) is 9.59 Å². The molecule has 1 aromatic carbocycles. The van der Waals surface area contributed by atoms with E-state index in [2.05, 4.69) is 5.32 Å². The highest BCUT2D eigenvalue weighted by molar-refractivity contribution is 6.08. The first-order chi connectivity index (χ1) is 12.5. The molecule has 3 rings (SSSR count). The number of rotatable bonds is 5. The predicted octanol–water partition coefficient (Wildman–Crippen LogP) is 2.38. The van der Waals surface area contributed by atoms with Crippen LogP contribution < -0.4 is 5.32 Å². The molecule has 1 aliphatic heterocycles. The standard InChI is InChI=1S/C20H27FN2O3/c21-17-9-4-8-16(12-17)13-22-18(24)20(26)10-5-11-23(19(20)25)14-15-6-2-1-3-7-15/h4,8-9,12,15,26H,1-3,5-7,10-11,13-14H2,(H,22,24)/t20-/m0/s1. The Kier molecular flexibility index (Phi) is 5.91. The van der Waals surface area contributed by atoms with Gasteiger partial charge in [0.1, 0.15) is 5.82 Å². The molecule has 142 valence electrons. The van der Waals surface area contributed by atoms with Crippen molar-refractivity contribution in [2.24, 2.45) is 5.92 Å². The number of hydrogen-bond acceptors (Lipinski definition) is 3. The summed E-state index contributed by atoms with van der Waals surface area (Å²) in [5.41, 5.74) is -1.43. The Bertz CT molecular complexity index is 660. The van der Waals surface area contributed by atoms with Crippen molar-refractivity contribution < 1.29 is 19.1 Å². The third kappa shape index (κ3) is 4.23. The van der Waals surface area contributed by atoms with Gasteiger partial charge in [-0.15, -0.1) is 0 Å². The van der Waals surface area contributed by atoms with E-state index >= 15 is 0 Å². The molecule has 1 saturated carbocycles. The number of nitrogens with zero attached hydrogens (tertiary/aromatic N) is 1. The number of carbonyl (C=O) groups excluding carboxylic acids is 2. The van der Waals surface area contributed by atoms with Crippen LogP contribution in [-0.4, -0.2) is 40.5 Å². The van der Waals surface area contributed by atoms with Crippen molar-refractivity contribution in [2.45, 2.75) is 57.1 Å². The SMILES string of the molecule is O=C(NCc1cccc(F)c1)[C@@]1(O)CCCN(CC2CCCCC2)C1=O. The Labute approximate surface area is 153 Å². The molecule has 0 spiro atoms. The van der Waals surface area contributed by atoms with Crippen LogP contribution in [0.15, 0.2) is 24.3 Å². The van der Waals surface area contributed by atoms with E-state index in [1.165, 1.54) is 31.4 Å². The van der Waals surface area contributed by atoms with E-state index in [1.54, 1.807) is 17.0 Å². The van der Waals surface area contributed by atoms with Gasteiger partial charge in [-0.05, 0) is 49.3 Å². The molecular weight excluding hydrogens is 335 g/mol. The summed E-state index contributed by atoms with van der Waals surface area (Å²) in [5.74, 6) is -1.11. The lowest BCUT2D eigenvalue weighted by atomic mass is 9.86. The molecule has 1 saturated heterocycles. The molecule has 1 heterocycles. The number of hydrogen-bond donors (Lipinski definition) is 2. The number of benzene rings is 1. The Morgan fingerprint density at radius 1 is 1.27 bits per heavy atom. The Morgan fingerprint density at radius 3 is 2.77 bits per heavy atom. The minimum Gasteiger partial charge on any atom is -0.372 e. The fraction of sp³-hybridized carbons (Fsp3) is 0.600. The van der Waals surface area contributed by atoms with Gasteiger partial charge in [0.2, 0.25) is 5.60 Å². The molecular formula is C20H27FN2O3. The Hall–Kier alpha value is -1.95. The van der Waals surface area contributed by atoms with E-state index < -0.39 is 17.4 Å². The number of likely N-dealkylation sites (tertiary alicyclic amines) is 1. The monoisotopic (exact) mass is 362 g/mol. The molecule has 1 atom stereocenters. The lowest BCUT2D eigenvalue weighted by molar-refractivity contribution is -0.166. The first kappa shape index (κ1) is 18.8. The summed E-state index contributed by atoms with van der Waals surface area (Å²) in [6, 6.07) is 5.89. The van der Waals surface area contributed by atoms with Crippen molar-refractivity contribution >= 4 is 11.8 Å². The van der Waals surface area contributed by atoms with E-state index in [4.69, 9.17) is 0 Å². The zero-order valence-corrected chi connectivity index (χ0v) is 15.0. The lowest BCUT2D eigenvalue weighted by Crippen LogP contribution is -2.61. The largest absolute Gasteiger partial charge is 0.372 e. The van der Waals surface area contributed by atoms with Crippen molar-refractivity contribution in [3.8, 4) is 0 Å². The third-order valence-corrected chi connectivity index (χ3v) is 5.53. The average molecular weight is 362 g/mol. The summed E-state index contributed by atoms with van der Waals surface area (Å²) in [6.07, 6.45) is 6.55. The van der Waals surface area contributed by atoms with Crippen molar-refractivity contribution in [1.29, 1.82) is 0 Å². The number of halogens is 1. The number of carbonyl (C=O) groups is 2. The van der Waals surface area contributed by atoms with Gasteiger partial charge in [0.05, 0.1) is 0 Å². The van der Waals surface area contributed by atoms with Crippen LogP contribution in [0, 0.1) is 11.7 Å². The van der Waals surface area contributed by atoms with Crippen LogP contribution in [-0.2, 0) is 16.1 Å². The second-order valence-electron chi connectivity index (χ2n) is 7.53. The molecule has 2 fully saturated rings. The van der Waals surface area contributed by atoms with Crippen molar-refractivity contribution in [3.63, 3.8) is 0 Å². The minimum absolute atomic E-state index is 0.0782. The van der Waals surface area contributed by atoms with Gasteiger partial charge in [0.15, 0.2) is 0 Å². The maximum absolute atomic E-state index is 13.2. The van der Waals surface area contributed by atoms with Crippen molar-refractivity contribution in [2.75, 3.05) is 13.1 Å². The first-order valence-electron chi connectivity index (χ1n) is 9.53. The number of nitrogens with one attached hydrogen (secondary N) is 1. The molecule has 0 radical (unpaired) electrons. The summed E-state index contributed by atoms with van der Waals surface area (Å²) in [4.78, 5) is 27.0. The van der Waals surface area contributed by atoms with Crippen LogP contribution in [0.25, 0.3) is 0 Å². The molecule has 2 N–H and O–H groups in total. The molecule has 26 heavy (non-hydrogen) atoms. The molecule has 0 aromatic heterocycles. The smallest absolute Gasteiger partial charge is 0.264 e. The topological polar surface area (TPSA) is 69.6 Å². The summed E-state index contributed by atoms with van der Waals surface area (Å²) in [7, 11) is 0. The average Bonchev–Trinajstić information content (AvgIpc) is 2.64. The van der Waals surface area contributed by atoms with Crippen molar-refractivity contribution in [1.82, 2.24) is 10.2 Å². The predicted molar refractivity (Wildman–Crippen MR) is 95.6 cm³/mol. The molecule has 5 nitrogen and oxygen atoms in total. The summed E-state index contributed by atoms with van der Waals surface area (Å²) < 4.78 is 13.2. The van der Waals surface area contributed by atoms with Gasteiger partial charge in [-0.1, -0.05) is 31.4 Å². The van der Waals surface area contributed by atoms with Crippen molar-refractivity contribution in [3.05, 3.63) is 35.6 Å². The third-order valence-electron chi connectivity index (χ3n) is 5.53. The molecule has 2 aliphatic rings. The van der Waals surface area contributed by atoms with Gasteiger partial charge in [-0.2, -0.15) is 0 Å². The fourth-order valence-corrected chi connectivity index (χ4v) is 4.04. The van der Waals surface area contributed by atoms with E-state index in [0.717, 1.165) is 12.8 Å². The molecule has 1 aromatic rings. The Balaban J connectivity index is 1.61. The lowest BCUT2D eigenvalue weighted by Gasteiger charge is -2.39. The summed E-state index contributed by atoms with van der Waals surface area (Å²) in [5, 5.41) is 13.4. The quantitative estimate of drug-likeness (QED) is 0.790. The summed E-state index contributed by atoms with van der Waals surface area (Å²) >= 11 is 0. The number of amides is 2. The maximum atomic E-state index is 13.2. The number of piperidine rings is 1. The van der Waals surface area contributed by atoms with Gasteiger partial charge in [0.25, 0.3) is 11.8 Å². The van der Waals surface area contributed by atoms with Crippen LogP contribution in [0.1, 0.15) is 50.5 Å². The second-order valence-corrected chi connectivity index (χ2v) is 7.53. The molecule has 1 aliphatic carbocycles. The van der Waals surface area contributed by atoms with Crippen LogP contribution in [0.5, 0.6) is 0 Å². The highest BCUT2D eigenvalue weighted by Gasteiger charge is 2.48. The summed E-state index contributed by atoms with van der Waals surface area (Å²) in [6.45, 7) is 1.29. The maximum Gasteiger partial charge on any atom is 0.264 e. The van der Waals surface area contributed by atoms with E-state index in [0.29, 0.717) is 31.0 Å². The normalized spacial score (nSPS) is 24.5. The van der Waals surface area contributed by atoms with E-state index in [1.807, 2.05) is 0 Å². The molecule has 0 unspecified atom stereocenters.